The maximum Gasteiger partial charge on any atom is 0.256 e. The predicted octanol–water partition coefficient (Wildman–Crippen LogP) is 5.21. The van der Waals surface area contributed by atoms with E-state index in [0.29, 0.717) is 30.5 Å². The Balaban J connectivity index is 1.59. The molecule has 1 unspecified atom stereocenters. The van der Waals surface area contributed by atoms with Crippen LogP contribution in [-0.4, -0.2) is 30.1 Å². The van der Waals surface area contributed by atoms with Crippen molar-refractivity contribution in [2.75, 3.05) is 13.2 Å². The number of nitrogens with one attached hydrogen (secondary N) is 2. The van der Waals surface area contributed by atoms with Crippen LogP contribution in [0.5, 0.6) is 5.75 Å². The minimum atomic E-state index is -0.177. The van der Waals surface area contributed by atoms with Crippen LogP contribution in [0.25, 0.3) is 11.1 Å². The summed E-state index contributed by atoms with van der Waals surface area (Å²) < 4.78 is 6.34. The van der Waals surface area contributed by atoms with Crippen LogP contribution in [-0.2, 0) is 6.54 Å². The topological polar surface area (TPSA) is 63.2 Å². The molecule has 4 rings (SSSR count). The molecule has 1 saturated heterocycles. The van der Waals surface area contributed by atoms with Crippen LogP contribution in [0.15, 0.2) is 60.9 Å². The van der Waals surface area contributed by atoms with E-state index >= 15 is 0 Å². The summed E-state index contributed by atoms with van der Waals surface area (Å²) in [5.74, 6) is 0.430. The van der Waals surface area contributed by atoms with Crippen molar-refractivity contribution in [1.82, 2.24) is 15.6 Å². The zero-order chi connectivity index (χ0) is 23.0. The van der Waals surface area contributed by atoms with Gasteiger partial charge >= 0.3 is 0 Å². The fourth-order valence-corrected chi connectivity index (χ4v) is 4.45. The number of carbonyl (C=O) groups is 1. The first-order valence-electron chi connectivity index (χ1n) is 11.8. The van der Waals surface area contributed by atoms with E-state index in [2.05, 4.69) is 47.7 Å². The van der Waals surface area contributed by atoms with Crippen molar-refractivity contribution in [3.05, 3.63) is 83.2 Å². The fraction of sp³-hybridized carbons (Fsp3) is 0.357. The van der Waals surface area contributed by atoms with E-state index in [0.717, 1.165) is 29.7 Å². The van der Waals surface area contributed by atoms with Crippen LogP contribution in [0, 0.1) is 13.8 Å². The van der Waals surface area contributed by atoms with Crippen molar-refractivity contribution in [1.29, 1.82) is 0 Å². The summed E-state index contributed by atoms with van der Waals surface area (Å²) in [6.45, 7) is 6.24. The lowest BCUT2D eigenvalue weighted by Gasteiger charge is -2.24. The molecule has 0 bridgehead atoms. The minimum Gasteiger partial charge on any atom is -0.492 e. The molecule has 33 heavy (non-hydrogen) atoms. The Hall–Kier alpha value is -3.18. The Morgan fingerprint density at radius 1 is 1.09 bits per heavy atom. The van der Waals surface area contributed by atoms with Gasteiger partial charge in [-0.15, -0.1) is 0 Å². The molecule has 1 aromatic heterocycles. The fourth-order valence-electron chi connectivity index (χ4n) is 4.45. The first-order chi connectivity index (χ1) is 16.1. The number of aromatic nitrogens is 1. The van der Waals surface area contributed by atoms with E-state index in [1.165, 1.54) is 30.4 Å². The highest BCUT2D eigenvalue weighted by atomic mass is 16.5. The van der Waals surface area contributed by atoms with E-state index < -0.39 is 0 Å². The van der Waals surface area contributed by atoms with E-state index in [-0.39, 0.29) is 5.91 Å². The molecule has 5 heteroatoms. The average Bonchev–Trinajstić information content (AvgIpc) is 2.83. The average molecular weight is 444 g/mol. The molecule has 2 aromatic carbocycles. The number of carbonyl (C=O) groups excluding carboxylic acids is 1. The van der Waals surface area contributed by atoms with E-state index in [1.807, 2.05) is 30.3 Å². The molecule has 3 aromatic rings. The van der Waals surface area contributed by atoms with Crippen molar-refractivity contribution in [2.24, 2.45) is 0 Å². The molecule has 0 aliphatic carbocycles. The quantitative estimate of drug-likeness (QED) is 0.502. The lowest BCUT2D eigenvalue weighted by Crippen LogP contribution is -2.35. The number of aryl methyl sites for hydroxylation is 2. The third kappa shape index (κ3) is 6.20. The Bertz CT molecular complexity index is 1060. The summed E-state index contributed by atoms with van der Waals surface area (Å²) in [6, 6.07) is 16.8. The highest BCUT2D eigenvalue weighted by molar-refractivity contribution is 5.99. The van der Waals surface area contributed by atoms with Gasteiger partial charge in [-0.2, -0.15) is 0 Å². The second-order valence-electron chi connectivity index (χ2n) is 8.89. The highest BCUT2D eigenvalue weighted by Crippen LogP contribution is 2.34. The van der Waals surface area contributed by atoms with Crippen LogP contribution < -0.4 is 15.4 Å². The maximum atomic E-state index is 13.2. The first-order valence-corrected chi connectivity index (χ1v) is 11.8. The van der Waals surface area contributed by atoms with E-state index in [1.54, 1.807) is 12.4 Å². The van der Waals surface area contributed by atoms with E-state index in [4.69, 9.17) is 4.74 Å². The van der Waals surface area contributed by atoms with Gasteiger partial charge in [0.25, 0.3) is 5.91 Å². The highest BCUT2D eigenvalue weighted by Gasteiger charge is 2.20. The largest absolute Gasteiger partial charge is 0.492 e. The standard InChI is InChI=1S/C28H33N3O2/c1-20-14-21(2)16-23(15-20)25-18-29-19-26(28(32)31-17-22-8-4-3-5-9-22)27(25)33-13-11-24-10-6-7-12-30-24/h3-5,8-9,14-16,18-19,24,30H,6-7,10-13,17H2,1-2H3,(H,31,32). The monoisotopic (exact) mass is 443 g/mol. The lowest BCUT2D eigenvalue weighted by molar-refractivity contribution is 0.0946. The Morgan fingerprint density at radius 2 is 1.88 bits per heavy atom. The van der Waals surface area contributed by atoms with Crippen LogP contribution in [0.3, 0.4) is 0 Å². The van der Waals surface area contributed by atoms with Gasteiger partial charge in [-0.1, -0.05) is 66.1 Å². The number of hydrogen-bond acceptors (Lipinski definition) is 4. The van der Waals surface area contributed by atoms with Crippen LogP contribution in [0.2, 0.25) is 0 Å². The number of piperidine rings is 1. The van der Waals surface area contributed by atoms with Crippen molar-refractivity contribution in [3.63, 3.8) is 0 Å². The van der Waals surface area contributed by atoms with Gasteiger partial charge in [0.1, 0.15) is 11.3 Å². The molecule has 1 aliphatic rings. The lowest BCUT2D eigenvalue weighted by atomic mass is 9.99. The number of pyridine rings is 1. The zero-order valence-corrected chi connectivity index (χ0v) is 19.6. The number of hydrogen-bond donors (Lipinski definition) is 2. The molecule has 1 amide bonds. The third-order valence-electron chi connectivity index (χ3n) is 6.09. The normalized spacial score (nSPS) is 15.8. The Kier molecular flexibility index (Phi) is 7.74. The van der Waals surface area contributed by atoms with Gasteiger partial charge in [0, 0.05) is 30.5 Å². The molecule has 1 atom stereocenters. The molecule has 0 radical (unpaired) electrons. The summed E-state index contributed by atoms with van der Waals surface area (Å²) in [5.41, 5.74) is 5.73. The summed E-state index contributed by atoms with van der Waals surface area (Å²) >= 11 is 0. The molecule has 1 fully saturated rings. The minimum absolute atomic E-state index is 0.177. The van der Waals surface area contributed by atoms with Gasteiger partial charge in [0.05, 0.1) is 6.61 Å². The van der Waals surface area contributed by atoms with Crippen LogP contribution in [0.4, 0.5) is 0 Å². The smallest absolute Gasteiger partial charge is 0.256 e. The predicted molar refractivity (Wildman–Crippen MR) is 133 cm³/mol. The second-order valence-corrected chi connectivity index (χ2v) is 8.89. The second kappa shape index (κ2) is 11.1. The molecule has 0 spiro atoms. The van der Waals surface area contributed by atoms with Crippen molar-refractivity contribution >= 4 is 5.91 Å². The summed E-state index contributed by atoms with van der Waals surface area (Å²) in [7, 11) is 0. The number of ether oxygens (including phenoxy) is 1. The zero-order valence-electron chi connectivity index (χ0n) is 19.6. The van der Waals surface area contributed by atoms with E-state index in [9.17, 15) is 4.79 Å². The third-order valence-corrected chi connectivity index (χ3v) is 6.09. The number of benzene rings is 2. The summed E-state index contributed by atoms with van der Waals surface area (Å²) in [4.78, 5) is 17.6. The van der Waals surface area contributed by atoms with Crippen molar-refractivity contribution in [2.45, 2.75) is 52.1 Å². The van der Waals surface area contributed by atoms with Gasteiger partial charge in [-0.3, -0.25) is 9.78 Å². The van der Waals surface area contributed by atoms with Crippen molar-refractivity contribution in [3.8, 4) is 16.9 Å². The van der Waals surface area contributed by atoms with Crippen LogP contribution >= 0.6 is 0 Å². The molecule has 5 nitrogen and oxygen atoms in total. The van der Waals surface area contributed by atoms with Gasteiger partial charge in [0.2, 0.25) is 0 Å². The molecular weight excluding hydrogens is 410 g/mol. The van der Waals surface area contributed by atoms with Crippen molar-refractivity contribution < 1.29 is 9.53 Å². The molecule has 1 aliphatic heterocycles. The Labute approximate surface area is 196 Å². The SMILES string of the molecule is Cc1cc(C)cc(-c2cncc(C(=O)NCc3ccccc3)c2OCCC2CCCCN2)c1. The molecular formula is C28H33N3O2. The maximum absolute atomic E-state index is 13.2. The molecule has 2 N–H and O–H groups in total. The summed E-state index contributed by atoms with van der Waals surface area (Å²) in [5, 5.41) is 6.60. The number of rotatable bonds is 8. The van der Waals surface area contributed by atoms with Gasteiger partial charge < -0.3 is 15.4 Å². The molecule has 172 valence electrons. The van der Waals surface area contributed by atoms with Gasteiger partial charge in [-0.25, -0.2) is 0 Å². The number of nitrogens with zero attached hydrogens (tertiary/aromatic N) is 1. The van der Waals surface area contributed by atoms with Crippen LogP contribution in [0.1, 0.15) is 52.7 Å². The van der Waals surface area contributed by atoms with Gasteiger partial charge in [-0.05, 0) is 50.8 Å². The number of amides is 1. The Morgan fingerprint density at radius 3 is 2.61 bits per heavy atom. The van der Waals surface area contributed by atoms with Gasteiger partial charge in [0.15, 0.2) is 0 Å². The molecule has 2 heterocycles. The summed E-state index contributed by atoms with van der Waals surface area (Å²) in [6.07, 6.45) is 8.00. The first kappa shape index (κ1) is 23.0. The molecule has 0 saturated carbocycles.